The average Bonchev–Trinajstić information content (AvgIpc) is 2.85. The molecule has 3 rings (SSSR count). The Balaban J connectivity index is 1.55. The summed E-state index contributed by atoms with van der Waals surface area (Å²) in [5, 5.41) is 9.23. The van der Waals surface area contributed by atoms with Gasteiger partial charge in [-0.2, -0.15) is 0 Å². The summed E-state index contributed by atoms with van der Waals surface area (Å²) >= 11 is 0. The summed E-state index contributed by atoms with van der Waals surface area (Å²) in [6.45, 7) is 9.12. The minimum absolute atomic E-state index is 0.334. The van der Waals surface area contributed by atoms with Crippen molar-refractivity contribution in [1.82, 2.24) is 0 Å². The quantitative estimate of drug-likeness (QED) is 0.336. The number of rotatable bonds is 11. The molecule has 0 heterocycles. The zero-order chi connectivity index (χ0) is 24.5. The monoisotopic (exact) mass is 458 g/mol. The number of hydrogen-bond acceptors (Lipinski definition) is 3. The molecule has 0 aliphatic carbocycles. The summed E-state index contributed by atoms with van der Waals surface area (Å²) in [4.78, 5) is 11.3. The molecule has 0 aliphatic heterocycles. The summed E-state index contributed by atoms with van der Waals surface area (Å²) in [7, 11) is 0. The van der Waals surface area contributed by atoms with Crippen LogP contribution < -0.4 is 4.74 Å². The Hall–Kier alpha value is -3.37. The molecule has 178 valence electrons. The number of carboxylic acids is 1. The Labute approximate surface area is 202 Å². The van der Waals surface area contributed by atoms with Crippen LogP contribution >= 0.6 is 0 Å². The molecule has 0 bridgehead atoms. The number of hydrogen-bond donors (Lipinski definition) is 1. The second-order valence-electron chi connectivity index (χ2n) is 8.68. The zero-order valence-electron chi connectivity index (χ0n) is 20.5. The summed E-state index contributed by atoms with van der Waals surface area (Å²) in [6, 6.07) is 24.9. The van der Waals surface area contributed by atoms with Gasteiger partial charge in [-0.25, -0.2) is 4.79 Å². The first-order valence-electron chi connectivity index (χ1n) is 11.8. The van der Waals surface area contributed by atoms with Gasteiger partial charge >= 0.3 is 5.97 Å². The van der Waals surface area contributed by atoms with Crippen LogP contribution in [0, 0.1) is 0 Å². The van der Waals surface area contributed by atoms with Gasteiger partial charge in [-0.1, -0.05) is 74.5 Å². The first kappa shape index (κ1) is 25.3. The van der Waals surface area contributed by atoms with Gasteiger partial charge in [0, 0.05) is 13.0 Å². The number of aliphatic carboxylic acids is 1. The van der Waals surface area contributed by atoms with E-state index >= 15 is 0 Å². The van der Waals surface area contributed by atoms with E-state index in [4.69, 9.17) is 9.47 Å². The van der Waals surface area contributed by atoms with Crippen LogP contribution in [0.3, 0.4) is 0 Å². The average molecular weight is 459 g/mol. The van der Waals surface area contributed by atoms with Gasteiger partial charge in [0.25, 0.3) is 0 Å². The van der Waals surface area contributed by atoms with Gasteiger partial charge in [-0.3, -0.25) is 0 Å². The Morgan fingerprint density at radius 3 is 2.03 bits per heavy atom. The molecule has 0 aromatic heterocycles. The van der Waals surface area contributed by atoms with Crippen LogP contribution in [0.1, 0.15) is 50.3 Å². The molecule has 0 saturated heterocycles. The van der Waals surface area contributed by atoms with Crippen LogP contribution in [-0.4, -0.2) is 30.4 Å². The van der Waals surface area contributed by atoms with Crippen molar-refractivity contribution in [3.63, 3.8) is 0 Å². The van der Waals surface area contributed by atoms with Crippen molar-refractivity contribution in [2.24, 2.45) is 0 Å². The molecule has 1 N–H and O–H groups in total. The molecule has 0 fully saturated rings. The summed E-state index contributed by atoms with van der Waals surface area (Å²) in [6.07, 6.45) is 1.57. The van der Waals surface area contributed by atoms with Crippen molar-refractivity contribution in [2.45, 2.75) is 46.1 Å². The van der Waals surface area contributed by atoms with Gasteiger partial charge in [0.05, 0.1) is 0 Å². The Bertz CT molecular complexity index is 1080. The maximum atomic E-state index is 11.3. The molecule has 0 amide bonds. The number of benzene rings is 3. The van der Waals surface area contributed by atoms with Gasteiger partial charge in [0.15, 0.2) is 6.10 Å². The molecule has 4 heteroatoms. The van der Waals surface area contributed by atoms with E-state index in [9.17, 15) is 9.90 Å². The van der Waals surface area contributed by atoms with E-state index in [2.05, 4.69) is 75.4 Å². The van der Waals surface area contributed by atoms with Gasteiger partial charge in [0.1, 0.15) is 12.4 Å². The lowest BCUT2D eigenvalue weighted by Crippen LogP contribution is -2.26. The van der Waals surface area contributed by atoms with E-state index in [1.165, 1.54) is 16.7 Å². The van der Waals surface area contributed by atoms with Crippen molar-refractivity contribution in [3.8, 4) is 16.9 Å². The highest BCUT2D eigenvalue weighted by molar-refractivity contribution is 5.72. The number of carbonyl (C=O) groups is 1. The number of ether oxygens (including phenoxy) is 2. The van der Waals surface area contributed by atoms with Crippen LogP contribution in [0.15, 0.2) is 78.9 Å². The standard InChI is InChI=1S/C30H34O4/c1-5-33-29(30(31)32)20-23-6-16-28(17-7-23)34-19-18-22(4)25-10-14-27(15-11-25)26-12-8-24(9-13-26)21(2)3/h6-18,21,29H,5,19-20H2,1-4H3,(H,31,32)/t29-/m0/s1. The van der Waals surface area contributed by atoms with E-state index in [-0.39, 0.29) is 0 Å². The summed E-state index contributed by atoms with van der Waals surface area (Å²) in [5.41, 5.74) is 7.00. The minimum Gasteiger partial charge on any atom is -0.490 e. The van der Waals surface area contributed by atoms with Crippen LogP contribution in [0.2, 0.25) is 0 Å². The highest BCUT2D eigenvalue weighted by Crippen LogP contribution is 2.25. The second-order valence-corrected chi connectivity index (χ2v) is 8.68. The first-order chi connectivity index (χ1) is 16.4. The third-order valence-corrected chi connectivity index (χ3v) is 5.88. The van der Waals surface area contributed by atoms with Crippen LogP contribution in [0.5, 0.6) is 5.75 Å². The molecule has 34 heavy (non-hydrogen) atoms. The zero-order valence-corrected chi connectivity index (χ0v) is 20.5. The van der Waals surface area contributed by atoms with E-state index in [0.29, 0.717) is 25.6 Å². The third kappa shape index (κ3) is 7.06. The fourth-order valence-corrected chi connectivity index (χ4v) is 3.72. The second kappa shape index (κ2) is 12.2. The predicted octanol–water partition coefficient (Wildman–Crippen LogP) is 6.99. The lowest BCUT2D eigenvalue weighted by molar-refractivity contribution is -0.149. The van der Waals surface area contributed by atoms with Crippen molar-refractivity contribution in [1.29, 1.82) is 0 Å². The van der Waals surface area contributed by atoms with Crippen molar-refractivity contribution < 1.29 is 19.4 Å². The maximum absolute atomic E-state index is 11.3. The minimum atomic E-state index is -0.945. The van der Waals surface area contributed by atoms with Gasteiger partial charge in [-0.05, 0) is 71.4 Å². The topological polar surface area (TPSA) is 55.8 Å². The van der Waals surface area contributed by atoms with E-state index in [0.717, 1.165) is 22.4 Å². The van der Waals surface area contributed by atoms with Crippen molar-refractivity contribution >= 4 is 11.5 Å². The van der Waals surface area contributed by atoms with Gasteiger partial charge in [0.2, 0.25) is 0 Å². The highest BCUT2D eigenvalue weighted by Gasteiger charge is 2.17. The largest absolute Gasteiger partial charge is 0.490 e. The Kier molecular flexibility index (Phi) is 9.06. The lowest BCUT2D eigenvalue weighted by Gasteiger charge is -2.12. The fourth-order valence-electron chi connectivity index (χ4n) is 3.72. The molecule has 0 saturated carbocycles. The number of carboxylic acid groups (broad SMARTS) is 1. The molecule has 0 radical (unpaired) electrons. The summed E-state index contributed by atoms with van der Waals surface area (Å²) in [5.74, 6) is 0.338. The van der Waals surface area contributed by atoms with Crippen molar-refractivity contribution in [3.05, 3.63) is 95.6 Å². The van der Waals surface area contributed by atoms with E-state index in [1.807, 2.05) is 24.3 Å². The van der Waals surface area contributed by atoms with E-state index < -0.39 is 12.1 Å². The molecule has 0 aliphatic rings. The highest BCUT2D eigenvalue weighted by atomic mass is 16.5. The predicted molar refractivity (Wildman–Crippen MR) is 138 cm³/mol. The third-order valence-electron chi connectivity index (χ3n) is 5.88. The molecule has 4 nitrogen and oxygen atoms in total. The van der Waals surface area contributed by atoms with Crippen LogP contribution in [0.4, 0.5) is 0 Å². The van der Waals surface area contributed by atoms with Crippen LogP contribution in [0.25, 0.3) is 16.7 Å². The molecule has 0 unspecified atom stereocenters. The normalized spacial score (nSPS) is 12.6. The Morgan fingerprint density at radius 2 is 1.50 bits per heavy atom. The SMILES string of the molecule is CCO[C@@H](Cc1ccc(OCC=C(C)c2ccc(-c3ccc(C(C)C)cc3)cc2)cc1)C(=O)O. The lowest BCUT2D eigenvalue weighted by atomic mass is 9.97. The van der Waals surface area contributed by atoms with Gasteiger partial charge in [-0.15, -0.1) is 0 Å². The molecule has 3 aromatic carbocycles. The first-order valence-corrected chi connectivity index (χ1v) is 11.8. The van der Waals surface area contributed by atoms with Crippen molar-refractivity contribution in [2.75, 3.05) is 13.2 Å². The molecular weight excluding hydrogens is 424 g/mol. The molecule has 0 spiro atoms. The Morgan fingerprint density at radius 1 is 0.912 bits per heavy atom. The smallest absolute Gasteiger partial charge is 0.333 e. The maximum Gasteiger partial charge on any atom is 0.333 e. The molecule has 3 aromatic rings. The van der Waals surface area contributed by atoms with E-state index in [1.54, 1.807) is 6.92 Å². The van der Waals surface area contributed by atoms with Crippen LogP contribution in [-0.2, 0) is 16.0 Å². The summed E-state index contributed by atoms with van der Waals surface area (Å²) < 4.78 is 11.1. The number of allylic oxidation sites excluding steroid dienone is 1. The molecule has 1 atom stereocenters. The van der Waals surface area contributed by atoms with Gasteiger partial charge < -0.3 is 14.6 Å². The molecular formula is C30H34O4. The fraction of sp³-hybridized carbons (Fsp3) is 0.300.